The fourth-order valence-electron chi connectivity index (χ4n) is 7.56. The summed E-state index contributed by atoms with van der Waals surface area (Å²) in [5, 5.41) is 23.0. The molecule has 60 heavy (non-hydrogen) atoms. The normalized spacial score (nSPS) is 13.1. The lowest BCUT2D eigenvalue weighted by molar-refractivity contribution is -0.143. The van der Waals surface area contributed by atoms with E-state index in [9.17, 15) is 19.8 Å². The van der Waals surface area contributed by atoms with E-state index in [0.717, 1.165) is 51.4 Å². The fraction of sp³-hybridized carbons (Fsp3) is 0.815. The van der Waals surface area contributed by atoms with Gasteiger partial charge < -0.3 is 20.3 Å². The Balaban J connectivity index is 3.60. The standard InChI is InChI=1S/C54H99NO5/c1-3-5-7-9-11-13-15-17-19-22-26-30-34-38-42-46-52(57)51(50-56)55-53(58)47-43-39-35-31-27-23-21-25-29-33-37-41-45-49-60-54(59)48-44-40-36-32-28-24-20-18-16-14-12-10-8-6-4-2/h18,20,23,27,35,39,42,46,51-52,56-57H,3-17,19,21-22,24-26,28-34,36-38,40-41,43-45,47-50H2,1-2H3,(H,55,58)/b20-18-,27-23-,39-35-,46-42+. The highest BCUT2D eigenvalue weighted by Crippen LogP contribution is 2.15. The summed E-state index contributed by atoms with van der Waals surface area (Å²) in [6, 6.07) is -0.672. The molecular weight excluding hydrogens is 743 g/mol. The van der Waals surface area contributed by atoms with Gasteiger partial charge in [0, 0.05) is 12.8 Å². The molecule has 6 heteroatoms. The van der Waals surface area contributed by atoms with Crippen LogP contribution in [0.2, 0.25) is 0 Å². The first-order chi connectivity index (χ1) is 29.5. The SMILES string of the molecule is CCCCCCCC/C=C\CCCCCCCC(=O)OCCCCCCCC/C=C\C/C=C\CCC(=O)NC(CO)C(O)/C=C/CCCCCCCCCCCCCCC. The van der Waals surface area contributed by atoms with Gasteiger partial charge >= 0.3 is 5.97 Å². The molecule has 0 rings (SSSR count). The number of rotatable bonds is 47. The third-order valence-corrected chi connectivity index (χ3v) is 11.6. The number of hydrogen-bond acceptors (Lipinski definition) is 5. The van der Waals surface area contributed by atoms with Gasteiger partial charge in [0.05, 0.1) is 25.4 Å². The summed E-state index contributed by atoms with van der Waals surface area (Å²) < 4.78 is 5.45. The molecule has 0 spiro atoms. The number of ether oxygens (including phenoxy) is 1. The van der Waals surface area contributed by atoms with E-state index in [0.29, 0.717) is 25.9 Å². The van der Waals surface area contributed by atoms with E-state index in [1.807, 2.05) is 12.2 Å². The summed E-state index contributed by atoms with van der Waals surface area (Å²) in [5.74, 6) is -0.177. The Bertz CT molecular complexity index is 1020. The largest absolute Gasteiger partial charge is 0.466 e. The van der Waals surface area contributed by atoms with Crippen molar-refractivity contribution in [1.29, 1.82) is 0 Å². The number of allylic oxidation sites excluding steroid dienone is 7. The Kier molecular flexibility index (Phi) is 47.7. The van der Waals surface area contributed by atoms with Crippen LogP contribution in [0.5, 0.6) is 0 Å². The van der Waals surface area contributed by atoms with Crippen molar-refractivity contribution >= 4 is 11.9 Å². The van der Waals surface area contributed by atoms with Gasteiger partial charge in [-0.05, 0) is 77.0 Å². The van der Waals surface area contributed by atoms with Crippen LogP contribution < -0.4 is 5.32 Å². The highest BCUT2D eigenvalue weighted by atomic mass is 16.5. The second-order valence-electron chi connectivity index (χ2n) is 17.5. The van der Waals surface area contributed by atoms with Crippen molar-refractivity contribution in [3.63, 3.8) is 0 Å². The molecule has 2 unspecified atom stereocenters. The zero-order chi connectivity index (χ0) is 43.7. The van der Waals surface area contributed by atoms with Crippen LogP contribution >= 0.6 is 0 Å². The van der Waals surface area contributed by atoms with E-state index in [-0.39, 0.29) is 18.5 Å². The molecule has 0 aliphatic heterocycles. The molecule has 0 saturated carbocycles. The Morgan fingerprint density at radius 3 is 1.32 bits per heavy atom. The predicted molar refractivity (Wildman–Crippen MR) is 259 cm³/mol. The highest BCUT2D eigenvalue weighted by Gasteiger charge is 2.17. The molecule has 0 radical (unpaired) electrons. The van der Waals surface area contributed by atoms with Gasteiger partial charge in [-0.15, -0.1) is 0 Å². The maximum atomic E-state index is 12.4. The van der Waals surface area contributed by atoms with Gasteiger partial charge in [0.25, 0.3) is 0 Å². The number of aliphatic hydroxyl groups is 2. The van der Waals surface area contributed by atoms with Gasteiger partial charge in [0.15, 0.2) is 0 Å². The molecule has 6 nitrogen and oxygen atoms in total. The van der Waals surface area contributed by atoms with Crippen LogP contribution in [0.15, 0.2) is 48.6 Å². The molecule has 350 valence electrons. The van der Waals surface area contributed by atoms with Crippen molar-refractivity contribution in [3.05, 3.63) is 48.6 Å². The van der Waals surface area contributed by atoms with E-state index in [1.54, 1.807) is 6.08 Å². The Hall–Kier alpha value is -2.18. The molecule has 0 aliphatic carbocycles. The average molecular weight is 842 g/mol. The summed E-state index contributed by atoms with van der Waals surface area (Å²) in [7, 11) is 0. The maximum Gasteiger partial charge on any atom is 0.305 e. The Labute approximate surface area is 372 Å². The monoisotopic (exact) mass is 842 g/mol. The molecule has 0 heterocycles. The van der Waals surface area contributed by atoms with Crippen LogP contribution in [0.1, 0.15) is 258 Å². The quantitative estimate of drug-likeness (QED) is 0.0322. The number of unbranched alkanes of at least 4 members (excludes halogenated alkanes) is 30. The van der Waals surface area contributed by atoms with Crippen molar-refractivity contribution in [3.8, 4) is 0 Å². The van der Waals surface area contributed by atoms with Crippen molar-refractivity contribution in [2.45, 2.75) is 270 Å². The van der Waals surface area contributed by atoms with Crippen molar-refractivity contribution < 1.29 is 24.5 Å². The smallest absolute Gasteiger partial charge is 0.305 e. The van der Waals surface area contributed by atoms with Crippen molar-refractivity contribution in [2.24, 2.45) is 0 Å². The van der Waals surface area contributed by atoms with Gasteiger partial charge in [0.2, 0.25) is 5.91 Å². The number of carbonyl (C=O) groups excluding carboxylic acids is 2. The summed E-state index contributed by atoms with van der Waals surface area (Å²) in [6.45, 7) is 4.82. The van der Waals surface area contributed by atoms with Crippen molar-refractivity contribution in [2.75, 3.05) is 13.2 Å². The summed E-state index contributed by atoms with van der Waals surface area (Å²) >= 11 is 0. The molecular formula is C54H99NO5. The molecule has 0 aromatic carbocycles. The lowest BCUT2D eigenvalue weighted by Gasteiger charge is -2.19. The fourth-order valence-corrected chi connectivity index (χ4v) is 7.56. The van der Waals surface area contributed by atoms with Crippen LogP contribution in [0, 0.1) is 0 Å². The predicted octanol–water partition coefficient (Wildman–Crippen LogP) is 15.5. The lowest BCUT2D eigenvalue weighted by Crippen LogP contribution is -2.45. The van der Waals surface area contributed by atoms with Gasteiger partial charge in [-0.2, -0.15) is 0 Å². The summed E-state index contributed by atoms with van der Waals surface area (Å²) in [5.41, 5.74) is 0. The second kappa shape index (κ2) is 49.5. The number of hydrogen-bond donors (Lipinski definition) is 3. The minimum Gasteiger partial charge on any atom is -0.466 e. The van der Waals surface area contributed by atoms with Crippen LogP contribution in [-0.4, -0.2) is 47.4 Å². The molecule has 0 saturated heterocycles. The Morgan fingerprint density at radius 2 is 0.850 bits per heavy atom. The number of aliphatic hydroxyl groups excluding tert-OH is 2. The van der Waals surface area contributed by atoms with E-state index in [2.05, 4.69) is 49.5 Å². The van der Waals surface area contributed by atoms with E-state index < -0.39 is 12.1 Å². The lowest BCUT2D eigenvalue weighted by atomic mass is 10.0. The molecule has 1 amide bonds. The molecule has 0 aromatic rings. The van der Waals surface area contributed by atoms with Crippen LogP contribution in [0.4, 0.5) is 0 Å². The first-order valence-corrected chi connectivity index (χ1v) is 25.9. The molecule has 2 atom stereocenters. The summed E-state index contributed by atoms with van der Waals surface area (Å²) in [6.07, 6.45) is 61.2. The van der Waals surface area contributed by atoms with Crippen molar-refractivity contribution in [1.82, 2.24) is 5.32 Å². The minimum absolute atomic E-state index is 0.0272. The molecule has 0 bridgehead atoms. The third kappa shape index (κ3) is 45.3. The number of nitrogens with one attached hydrogen (secondary N) is 1. The molecule has 3 N–H and O–H groups in total. The zero-order valence-corrected chi connectivity index (χ0v) is 39.7. The summed E-state index contributed by atoms with van der Waals surface area (Å²) in [4.78, 5) is 24.4. The minimum atomic E-state index is -0.880. The van der Waals surface area contributed by atoms with Gasteiger partial charge in [-0.3, -0.25) is 9.59 Å². The highest BCUT2D eigenvalue weighted by molar-refractivity contribution is 5.76. The van der Waals surface area contributed by atoms with Crippen LogP contribution in [0.25, 0.3) is 0 Å². The van der Waals surface area contributed by atoms with Gasteiger partial charge in [-0.1, -0.05) is 217 Å². The average Bonchev–Trinajstić information content (AvgIpc) is 3.25. The number of amides is 1. The topological polar surface area (TPSA) is 95.9 Å². The number of carbonyl (C=O) groups is 2. The van der Waals surface area contributed by atoms with E-state index in [1.165, 1.54) is 173 Å². The van der Waals surface area contributed by atoms with E-state index in [4.69, 9.17) is 4.74 Å². The van der Waals surface area contributed by atoms with E-state index >= 15 is 0 Å². The third-order valence-electron chi connectivity index (χ3n) is 11.6. The van der Waals surface area contributed by atoms with Crippen LogP contribution in [-0.2, 0) is 14.3 Å². The zero-order valence-electron chi connectivity index (χ0n) is 39.7. The number of esters is 1. The Morgan fingerprint density at radius 1 is 0.467 bits per heavy atom. The maximum absolute atomic E-state index is 12.4. The molecule has 0 aliphatic rings. The van der Waals surface area contributed by atoms with Crippen LogP contribution in [0.3, 0.4) is 0 Å². The second-order valence-corrected chi connectivity index (χ2v) is 17.5. The van der Waals surface area contributed by atoms with Gasteiger partial charge in [-0.25, -0.2) is 0 Å². The molecule has 0 aromatic heterocycles. The molecule has 0 fully saturated rings. The van der Waals surface area contributed by atoms with Gasteiger partial charge in [0.1, 0.15) is 0 Å². The first kappa shape index (κ1) is 57.8. The first-order valence-electron chi connectivity index (χ1n) is 25.9.